The van der Waals surface area contributed by atoms with Gasteiger partial charge in [0.25, 0.3) is 0 Å². The lowest BCUT2D eigenvalue weighted by Gasteiger charge is -1.97. The summed E-state index contributed by atoms with van der Waals surface area (Å²) in [5.41, 5.74) is 0. The van der Waals surface area contributed by atoms with Crippen molar-refractivity contribution in [3.63, 3.8) is 0 Å². The maximum Gasteiger partial charge on any atom is -0.0351 e. The van der Waals surface area contributed by atoms with Crippen LogP contribution in [0.3, 0.4) is 0 Å². The van der Waals surface area contributed by atoms with E-state index in [1.54, 1.807) is 0 Å². The molecule has 0 amide bonds. The minimum atomic E-state index is 1.25. The van der Waals surface area contributed by atoms with Crippen molar-refractivity contribution in [3.8, 4) is 0 Å². The second-order valence-electron chi connectivity index (χ2n) is 2.46. The first kappa shape index (κ1) is 18.5. The van der Waals surface area contributed by atoms with E-state index in [2.05, 4.69) is 26.0 Å². The average Bonchev–Trinajstić information content (AvgIpc) is 2.27. The van der Waals surface area contributed by atoms with Crippen LogP contribution in [0.25, 0.3) is 0 Å². The minimum absolute atomic E-state index is 1.25. The Hall–Kier alpha value is -0.260. The summed E-state index contributed by atoms with van der Waals surface area (Å²) in [5.74, 6) is 0. The summed E-state index contributed by atoms with van der Waals surface area (Å²) in [7, 11) is 0. The lowest BCUT2D eigenvalue weighted by atomic mass is 10.1. The van der Waals surface area contributed by atoms with Crippen LogP contribution in [0.1, 0.15) is 73.6 Å². The summed E-state index contributed by atoms with van der Waals surface area (Å²) < 4.78 is 0. The van der Waals surface area contributed by atoms with Crippen molar-refractivity contribution in [2.24, 2.45) is 0 Å². The monoisotopic (exact) mass is 186 g/mol. The first-order valence-corrected chi connectivity index (χ1v) is 6.06. The van der Waals surface area contributed by atoms with Crippen molar-refractivity contribution in [2.45, 2.75) is 73.6 Å². The van der Waals surface area contributed by atoms with E-state index in [0.717, 1.165) is 0 Å². The SMILES string of the molecule is C1=CCCCC1.CC.CC.CCC. The average molecular weight is 186 g/mol. The Labute approximate surface area is 86.4 Å². The van der Waals surface area contributed by atoms with Gasteiger partial charge in [0.1, 0.15) is 0 Å². The molecule has 13 heavy (non-hydrogen) atoms. The van der Waals surface area contributed by atoms with Gasteiger partial charge in [0.05, 0.1) is 0 Å². The van der Waals surface area contributed by atoms with Gasteiger partial charge in [-0.15, -0.1) is 0 Å². The number of allylic oxidation sites excluding steroid dienone is 2. The van der Waals surface area contributed by atoms with Gasteiger partial charge in [-0.2, -0.15) is 0 Å². The molecule has 0 aliphatic heterocycles. The van der Waals surface area contributed by atoms with Crippen molar-refractivity contribution in [2.75, 3.05) is 0 Å². The molecular formula is C13H30. The zero-order valence-corrected chi connectivity index (χ0v) is 10.7. The van der Waals surface area contributed by atoms with Crippen molar-refractivity contribution in [1.29, 1.82) is 0 Å². The highest BCUT2D eigenvalue weighted by Crippen LogP contribution is 2.07. The van der Waals surface area contributed by atoms with Crippen molar-refractivity contribution in [3.05, 3.63) is 12.2 Å². The Balaban J connectivity index is -0.000000124. The second kappa shape index (κ2) is 29.8. The van der Waals surface area contributed by atoms with Crippen LogP contribution in [-0.2, 0) is 0 Å². The summed E-state index contributed by atoms with van der Waals surface area (Å²) in [6.45, 7) is 12.2. The van der Waals surface area contributed by atoms with Crippen molar-refractivity contribution < 1.29 is 0 Å². The van der Waals surface area contributed by atoms with E-state index in [1.807, 2.05) is 27.7 Å². The molecule has 0 saturated carbocycles. The molecule has 0 bridgehead atoms. The molecule has 0 nitrogen and oxygen atoms in total. The normalized spacial score (nSPS) is 12.2. The molecule has 0 N–H and O–H groups in total. The van der Waals surface area contributed by atoms with Gasteiger partial charge in [-0.3, -0.25) is 0 Å². The van der Waals surface area contributed by atoms with Crippen LogP contribution in [0.2, 0.25) is 0 Å². The van der Waals surface area contributed by atoms with Gasteiger partial charge in [-0.1, -0.05) is 60.1 Å². The third kappa shape index (κ3) is 33.8. The lowest BCUT2D eigenvalue weighted by molar-refractivity contribution is 0.730. The molecule has 0 aromatic carbocycles. The highest BCUT2D eigenvalue weighted by molar-refractivity contribution is 4.85. The molecule has 0 radical (unpaired) electrons. The van der Waals surface area contributed by atoms with Crippen LogP contribution in [0.5, 0.6) is 0 Å². The summed E-state index contributed by atoms with van der Waals surface area (Å²) in [6, 6.07) is 0. The lowest BCUT2D eigenvalue weighted by Crippen LogP contribution is -1.77. The zero-order chi connectivity index (χ0) is 10.9. The predicted octanol–water partition coefficient (Wildman–Crippen LogP) is 5.59. The number of rotatable bonds is 0. The third-order valence-corrected chi connectivity index (χ3v) is 1.16. The first-order chi connectivity index (χ1) is 6.41. The Morgan fingerprint density at radius 2 is 1.00 bits per heavy atom. The molecule has 82 valence electrons. The number of hydrogen-bond acceptors (Lipinski definition) is 0. The van der Waals surface area contributed by atoms with E-state index in [9.17, 15) is 0 Å². The fraction of sp³-hybridized carbons (Fsp3) is 0.846. The molecule has 0 aromatic heterocycles. The van der Waals surface area contributed by atoms with Gasteiger partial charge in [0, 0.05) is 0 Å². The fourth-order valence-corrected chi connectivity index (χ4v) is 0.760. The maximum absolute atomic E-state index is 2.27. The summed E-state index contributed by atoms with van der Waals surface area (Å²) in [4.78, 5) is 0. The molecule has 1 aliphatic rings. The van der Waals surface area contributed by atoms with Gasteiger partial charge in [-0.05, 0) is 25.7 Å². The molecule has 0 heteroatoms. The molecule has 0 fully saturated rings. The molecular weight excluding hydrogens is 156 g/mol. The van der Waals surface area contributed by atoms with Crippen LogP contribution in [0.4, 0.5) is 0 Å². The van der Waals surface area contributed by atoms with Crippen LogP contribution >= 0.6 is 0 Å². The van der Waals surface area contributed by atoms with Gasteiger partial charge in [0.2, 0.25) is 0 Å². The van der Waals surface area contributed by atoms with Crippen LogP contribution in [0, 0.1) is 0 Å². The molecule has 0 heterocycles. The highest BCUT2D eigenvalue weighted by Gasteiger charge is 1.87. The summed E-state index contributed by atoms with van der Waals surface area (Å²) in [5, 5.41) is 0. The topological polar surface area (TPSA) is 0 Å². The maximum atomic E-state index is 2.27. The Morgan fingerprint density at radius 1 is 0.769 bits per heavy atom. The Kier molecular flexibility index (Phi) is 42.4. The van der Waals surface area contributed by atoms with Gasteiger partial charge in [-0.25, -0.2) is 0 Å². The van der Waals surface area contributed by atoms with E-state index in [-0.39, 0.29) is 0 Å². The smallest absolute Gasteiger partial charge is 0.0351 e. The molecule has 0 aromatic rings. The summed E-state index contributed by atoms with van der Waals surface area (Å²) in [6.07, 6.45) is 11.2. The van der Waals surface area contributed by atoms with Crippen LogP contribution < -0.4 is 0 Å². The van der Waals surface area contributed by atoms with E-state index in [0.29, 0.717) is 0 Å². The summed E-state index contributed by atoms with van der Waals surface area (Å²) >= 11 is 0. The van der Waals surface area contributed by atoms with Crippen molar-refractivity contribution >= 4 is 0 Å². The quantitative estimate of drug-likeness (QED) is 0.433. The van der Waals surface area contributed by atoms with Crippen molar-refractivity contribution in [1.82, 2.24) is 0 Å². The van der Waals surface area contributed by atoms with E-state index in [4.69, 9.17) is 0 Å². The largest absolute Gasteiger partial charge is 0.0885 e. The third-order valence-electron chi connectivity index (χ3n) is 1.16. The fourth-order valence-electron chi connectivity index (χ4n) is 0.760. The molecule has 1 rings (SSSR count). The molecule has 0 unspecified atom stereocenters. The Bertz CT molecular complexity index is 54.4. The standard InChI is InChI=1S/C6H10.C3H8.2C2H6/c1-2-4-6-5-3-1;1-3-2;2*1-2/h1-2H,3-6H2;3H2,1-2H3;2*1-2H3. The molecule has 1 aliphatic carbocycles. The van der Waals surface area contributed by atoms with Crippen LogP contribution in [0.15, 0.2) is 12.2 Å². The Morgan fingerprint density at radius 3 is 1.08 bits per heavy atom. The van der Waals surface area contributed by atoms with Gasteiger partial charge in [0.15, 0.2) is 0 Å². The van der Waals surface area contributed by atoms with E-state index < -0.39 is 0 Å². The van der Waals surface area contributed by atoms with Gasteiger partial charge < -0.3 is 0 Å². The predicted molar refractivity (Wildman–Crippen MR) is 66.3 cm³/mol. The first-order valence-electron chi connectivity index (χ1n) is 6.06. The van der Waals surface area contributed by atoms with Gasteiger partial charge >= 0.3 is 0 Å². The zero-order valence-electron chi connectivity index (χ0n) is 10.7. The second-order valence-corrected chi connectivity index (χ2v) is 2.46. The van der Waals surface area contributed by atoms with E-state index in [1.165, 1.54) is 32.1 Å². The van der Waals surface area contributed by atoms with Crippen LogP contribution in [-0.4, -0.2) is 0 Å². The highest BCUT2D eigenvalue weighted by atomic mass is 13.9. The number of hydrogen-bond donors (Lipinski definition) is 0. The molecule has 0 spiro atoms. The van der Waals surface area contributed by atoms with E-state index >= 15 is 0 Å². The minimum Gasteiger partial charge on any atom is -0.0885 e. The molecule has 0 atom stereocenters. The molecule has 0 saturated heterocycles.